The van der Waals surface area contributed by atoms with Gasteiger partial charge in [-0.25, -0.2) is 0 Å². The standard InChI is InChI=1S/C27H28N.BrH/c1-3-12-24(13-4-1)14-10-22-28(20-7-2-8-21-28)23-11-18-26-17-9-16-25-15-5-6-19-27(25)26;/h1,3-6,9-10,12-17,19H,2,7-8,20-23H2;1H/q+1;/p-1. The minimum atomic E-state index is 0. The number of hydrogen-bond acceptors (Lipinski definition) is 0. The highest BCUT2D eigenvalue weighted by atomic mass is 79.9. The topological polar surface area (TPSA) is 0 Å². The van der Waals surface area contributed by atoms with Gasteiger partial charge in [0.25, 0.3) is 0 Å². The maximum absolute atomic E-state index is 3.54. The summed E-state index contributed by atoms with van der Waals surface area (Å²) in [5, 5.41) is 2.52. The van der Waals surface area contributed by atoms with Crippen LogP contribution in [0.25, 0.3) is 16.8 Å². The van der Waals surface area contributed by atoms with E-state index in [2.05, 4.69) is 96.8 Å². The van der Waals surface area contributed by atoms with E-state index in [0.717, 1.165) is 23.1 Å². The molecule has 1 saturated heterocycles. The Bertz CT molecular complexity index is 999. The smallest absolute Gasteiger partial charge is 0.141 e. The summed E-state index contributed by atoms with van der Waals surface area (Å²) in [6.07, 6.45) is 8.59. The number of likely N-dealkylation sites (tertiary alicyclic amines) is 1. The molecular formula is C27H28BrN. The predicted octanol–water partition coefficient (Wildman–Crippen LogP) is 2.91. The Balaban J connectivity index is 0.00000240. The third-order valence-electron chi connectivity index (χ3n) is 5.79. The summed E-state index contributed by atoms with van der Waals surface area (Å²) < 4.78 is 1.10. The molecule has 148 valence electrons. The number of benzene rings is 3. The second-order valence-corrected chi connectivity index (χ2v) is 7.83. The summed E-state index contributed by atoms with van der Waals surface area (Å²) in [6.45, 7) is 4.48. The largest absolute Gasteiger partial charge is 1.00 e. The Hall–Kier alpha value is -2.34. The number of quaternary nitrogens is 1. The molecule has 0 aliphatic carbocycles. The van der Waals surface area contributed by atoms with E-state index in [9.17, 15) is 0 Å². The second kappa shape index (κ2) is 10.4. The van der Waals surface area contributed by atoms with E-state index in [4.69, 9.17) is 0 Å². The molecule has 0 atom stereocenters. The summed E-state index contributed by atoms with van der Waals surface area (Å²) in [5.74, 6) is 7.02. The first-order valence-corrected chi connectivity index (χ1v) is 10.4. The van der Waals surface area contributed by atoms with Gasteiger partial charge in [-0.05, 0) is 53.7 Å². The fraction of sp³-hybridized carbons (Fsp3) is 0.259. The molecule has 4 rings (SSSR count). The molecule has 0 aromatic heterocycles. The van der Waals surface area contributed by atoms with Gasteiger partial charge in [0.05, 0.1) is 19.6 Å². The van der Waals surface area contributed by atoms with Crippen molar-refractivity contribution >= 4 is 16.8 Å². The van der Waals surface area contributed by atoms with Crippen molar-refractivity contribution in [3.63, 3.8) is 0 Å². The fourth-order valence-electron chi connectivity index (χ4n) is 4.20. The molecule has 0 spiro atoms. The van der Waals surface area contributed by atoms with Gasteiger partial charge in [-0.3, -0.25) is 0 Å². The lowest BCUT2D eigenvalue weighted by molar-refractivity contribution is -0.920. The molecule has 1 heterocycles. The van der Waals surface area contributed by atoms with Crippen LogP contribution in [0.5, 0.6) is 0 Å². The van der Waals surface area contributed by atoms with E-state index in [1.165, 1.54) is 48.7 Å². The number of fused-ring (bicyclic) bond motifs is 1. The molecule has 0 saturated carbocycles. The van der Waals surface area contributed by atoms with Crippen molar-refractivity contribution in [2.24, 2.45) is 0 Å². The van der Waals surface area contributed by atoms with E-state index in [1.54, 1.807) is 0 Å². The van der Waals surface area contributed by atoms with Gasteiger partial charge in [0.15, 0.2) is 0 Å². The average molecular weight is 446 g/mol. The number of piperidine rings is 1. The first-order valence-electron chi connectivity index (χ1n) is 10.4. The van der Waals surface area contributed by atoms with E-state index in [1.807, 2.05) is 0 Å². The minimum absolute atomic E-state index is 0. The molecule has 0 unspecified atom stereocenters. The van der Waals surface area contributed by atoms with Crippen LogP contribution in [0.1, 0.15) is 30.4 Å². The van der Waals surface area contributed by atoms with Crippen LogP contribution >= 0.6 is 0 Å². The zero-order valence-corrected chi connectivity index (χ0v) is 18.4. The predicted molar refractivity (Wildman–Crippen MR) is 120 cm³/mol. The fourth-order valence-corrected chi connectivity index (χ4v) is 4.20. The van der Waals surface area contributed by atoms with Crippen LogP contribution in [0.3, 0.4) is 0 Å². The molecular weight excluding hydrogens is 418 g/mol. The summed E-state index contributed by atoms with van der Waals surface area (Å²) >= 11 is 0. The van der Waals surface area contributed by atoms with Crippen molar-refractivity contribution in [3.05, 3.63) is 90.0 Å². The molecule has 0 N–H and O–H groups in total. The molecule has 1 fully saturated rings. The van der Waals surface area contributed by atoms with E-state index >= 15 is 0 Å². The Labute approximate surface area is 185 Å². The molecule has 3 aromatic carbocycles. The van der Waals surface area contributed by atoms with Gasteiger partial charge in [0.1, 0.15) is 6.54 Å². The summed E-state index contributed by atoms with van der Waals surface area (Å²) in [4.78, 5) is 0. The molecule has 1 aliphatic rings. The van der Waals surface area contributed by atoms with Crippen molar-refractivity contribution < 1.29 is 21.5 Å². The molecule has 0 bridgehead atoms. The number of halogens is 1. The summed E-state index contributed by atoms with van der Waals surface area (Å²) in [7, 11) is 0. The maximum Gasteiger partial charge on any atom is 0.141 e. The van der Waals surface area contributed by atoms with Crippen LogP contribution in [0.4, 0.5) is 0 Å². The van der Waals surface area contributed by atoms with Gasteiger partial charge in [0.2, 0.25) is 0 Å². The lowest BCUT2D eigenvalue weighted by Gasteiger charge is -2.39. The Morgan fingerprint density at radius 2 is 1.52 bits per heavy atom. The molecule has 0 amide bonds. The van der Waals surface area contributed by atoms with Crippen molar-refractivity contribution in [1.82, 2.24) is 0 Å². The monoisotopic (exact) mass is 445 g/mol. The highest BCUT2D eigenvalue weighted by Gasteiger charge is 2.27. The van der Waals surface area contributed by atoms with Gasteiger partial charge in [0, 0.05) is 5.56 Å². The van der Waals surface area contributed by atoms with Gasteiger partial charge in [-0.15, -0.1) is 0 Å². The number of hydrogen-bond donors (Lipinski definition) is 0. The first-order chi connectivity index (χ1) is 13.8. The third kappa shape index (κ3) is 5.60. The number of rotatable bonds is 4. The Morgan fingerprint density at radius 3 is 2.34 bits per heavy atom. The molecule has 2 heteroatoms. The summed E-state index contributed by atoms with van der Waals surface area (Å²) in [5.41, 5.74) is 2.42. The van der Waals surface area contributed by atoms with Crippen LogP contribution in [-0.2, 0) is 0 Å². The van der Waals surface area contributed by atoms with Crippen LogP contribution in [0, 0.1) is 11.8 Å². The lowest BCUT2D eigenvalue weighted by atomic mass is 10.0. The van der Waals surface area contributed by atoms with Crippen LogP contribution < -0.4 is 17.0 Å². The van der Waals surface area contributed by atoms with Crippen molar-refractivity contribution in [1.29, 1.82) is 0 Å². The third-order valence-corrected chi connectivity index (χ3v) is 5.79. The Kier molecular flexibility index (Phi) is 7.69. The molecule has 29 heavy (non-hydrogen) atoms. The highest BCUT2D eigenvalue weighted by Crippen LogP contribution is 2.20. The maximum atomic E-state index is 3.54. The van der Waals surface area contributed by atoms with Gasteiger partial charge in [-0.1, -0.05) is 78.7 Å². The van der Waals surface area contributed by atoms with Crippen molar-refractivity contribution in [3.8, 4) is 11.8 Å². The Morgan fingerprint density at radius 1 is 0.793 bits per heavy atom. The molecule has 3 aromatic rings. The lowest BCUT2D eigenvalue weighted by Crippen LogP contribution is -3.00. The summed E-state index contributed by atoms with van der Waals surface area (Å²) in [6, 6.07) is 25.5. The zero-order valence-electron chi connectivity index (χ0n) is 16.9. The first kappa shape index (κ1) is 21.4. The van der Waals surface area contributed by atoms with Crippen molar-refractivity contribution in [2.75, 3.05) is 26.2 Å². The van der Waals surface area contributed by atoms with E-state index in [0.29, 0.717) is 0 Å². The highest BCUT2D eigenvalue weighted by molar-refractivity contribution is 5.88. The molecule has 1 nitrogen and oxygen atoms in total. The van der Waals surface area contributed by atoms with Crippen LogP contribution in [0.15, 0.2) is 78.9 Å². The van der Waals surface area contributed by atoms with Gasteiger partial charge >= 0.3 is 0 Å². The van der Waals surface area contributed by atoms with Crippen LogP contribution in [0.2, 0.25) is 0 Å². The second-order valence-electron chi connectivity index (χ2n) is 7.83. The van der Waals surface area contributed by atoms with Crippen molar-refractivity contribution in [2.45, 2.75) is 19.3 Å². The zero-order chi connectivity index (χ0) is 19.1. The van der Waals surface area contributed by atoms with E-state index in [-0.39, 0.29) is 17.0 Å². The van der Waals surface area contributed by atoms with Gasteiger partial charge in [-0.2, -0.15) is 0 Å². The molecule has 0 radical (unpaired) electrons. The average Bonchev–Trinajstić information content (AvgIpc) is 2.75. The van der Waals surface area contributed by atoms with Crippen LogP contribution in [-0.4, -0.2) is 30.7 Å². The SMILES string of the molecule is C(#Cc1cccc2ccccc12)C[N+]1(CC=Cc2ccccc2)CCCCC1.[Br-]. The number of nitrogens with zero attached hydrogens (tertiary/aromatic N) is 1. The normalized spacial score (nSPS) is 15.4. The van der Waals surface area contributed by atoms with E-state index < -0.39 is 0 Å². The molecule has 1 aliphatic heterocycles. The quantitative estimate of drug-likeness (QED) is 0.427. The van der Waals surface area contributed by atoms with Gasteiger partial charge < -0.3 is 21.5 Å². The minimum Gasteiger partial charge on any atom is -1.00 e.